The quantitative estimate of drug-likeness (QED) is 0.397. The molecule has 7 nitrogen and oxygen atoms in total. The summed E-state index contributed by atoms with van der Waals surface area (Å²) in [4.78, 5) is 27.2. The molecule has 1 heterocycles. The van der Waals surface area contributed by atoms with Gasteiger partial charge in [0.2, 0.25) is 0 Å². The summed E-state index contributed by atoms with van der Waals surface area (Å²) < 4.78 is 15.8. The van der Waals surface area contributed by atoms with Crippen LogP contribution in [0.3, 0.4) is 0 Å². The van der Waals surface area contributed by atoms with E-state index in [0.29, 0.717) is 22.6 Å². The van der Waals surface area contributed by atoms with E-state index in [1.54, 1.807) is 30.3 Å². The molecule has 0 spiro atoms. The number of amides is 1. The van der Waals surface area contributed by atoms with Gasteiger partial charge in [0.15, 0.2) is 11.5 Å². The van der Waals surface area contributed by atoms with Crippen LogP contribution in [0, 0.1) is 0 Å². The molecule has 0 saturated carbocycles. The van der Waals surface area contributed by atoms with Crippen LogP contribution in [0.2, 0.25) is 0 Å². The van der Waals surface area contributed by atoms with Crippen molar-refractivity contribution in [2.24, 2.45) is 0 Å². The first-order valence-corrected chi connectivity index (χ1v) is 10.0. The van der Waals surface area contributed by atoms with Gasteiger partial charge in [0.25, 0.3) is 11.7 Å². The van der Waals surface area contributed by atoms with Gasteiger partial charge in [-0.3, -0.25) is 9.59 Å². The zero-order valence-corrected chi connectivity index (χ0v) is 18.2. The minimum absolute atomic E-state index is 0.0394. The summed E-state index contributed by atoms with van der Waals surface area (Å²) >= 11 is 0. The normalized spacial score (nSPS) is 17.8. The van der Waals surface area contributed by atoms with Crippen LogP contribution in [0.4, 0.5) is 0 Å². The van der Waals surface area contributed by atoms with E-state index >= 15 is 0 Å². The summed E-state index contributed by atoms with van der Waals surface area (Å²) in [5.74, 6) is -0.628. The Balaban J connectivity index is 2.17. The molecule has 2 aromatic carbocycles. The first kappa shape index (κ1) is 22.4. The number of carbonyl (C=O) groups is 2. The van der Waals surface area contributed by atoms with Crippen molar-refractivity contribution >= 4 is 17.4 Å². The lowest BCUT2D eigenvalue weighted by Gasteiger charge is -2.25. The minimum atomic E-state index is -0.777. The number of ether oxygens (including phenoxy) is 3. The Kier molecular flexibility index (Phi) is 6.97. The number of aliphatic hydroxyl groups excluding tert-OH is 1. The molecule has 0 bridgehead atoms. The second-order valence-corrected chi connectivity index (χ2v) is 7.15. The molecule has 0 aromatic heterocycles. The van der Waals surface area contributed by atoms with Crippen LogP contribution >= 0.6 is 0 Å². The van der Waals surface area contributed by atoms with Gasteiger partial charge in [-0.05, 0) is 29.7 Å². The zero-order valence-electron chi connectivity index (χ0n) is 18.2. The molecule has 0 aliphatic carbocycles. The van der Waals surface area contributed by atoms with Crippen molar-refractivity contribution in [1.29, 1.82) is 0 Å². The largest absolute Gasteiger partial charge is 0.507 e. The number of methoxy groups -OCH3 is 3. The smallest absolute Gasteiger partial charge is 0.295 e. The highest BCUT2D eigenvalue weighted by Gasteiger charge is 2.46. The fraction of sp³-hybridized carbons (Fsp3) is 0.333. The summed E-state index contributed by atoms with van der Waals surface area (Å²) in [6.07, 6.45) is 0.855. The van der Waals surface area contributed by atoms with E-state index in [1.165, 1.54) is 26.2 Å². The van der Waals surface area contributed by atoms with E-state index in [9.17, 15) is 14.7 Å². The maximum atomic E-state index is 13.0. The van der Waals surface area contributed by atoms with Crippen molar-refractivity contribution in [3.8, 4) is 11.5 Å². The van der Waals surface area contributed by atoms with E-state index in [0.717, 1.165) is 12.0 Å². The van der Waals surface area contributed by atoms with Gasteiger partial charge in [0.1, 0.15) is 5.76 Å². The molecular weight excluding hydrogens is 398 g/mol. The van der Waals surface area contributed by atoms with Gasteiger partial charge in [-0.15, -0.1) is 0 Å². The molecule has 164 valence electrons. The Labute approximate surface area is 181 Å². The van der Waals surface area contributed by atoms with Crippen molar-refractivity contribution in [3.63, 3.8) is 0 Å². The number of Topliss-reactive ketones (excluding diaryl/α,β-unsaturated/α-hetero) is 1. The van der Waals surface area contributed by atoms with Crippen molar-refractivity contribution in [2.75, 3.05) is 34.5 Å². The van der Waals surface area contributed by atoms with Crippen LogP contribution in [0.1, 0.15) is 29.7 Å². The molecule has 1 N–H and O–H groups in total. The number of ketones is 1. The number of benzene rings is 2. The van der Waals surface area contributed by atoms with E-state index < -0.39 is 17.7 Å². The molecule has 1 amide bonds. The minimum Gasteiger partial charge on any atom is -0.507 e. The third kappa shape index (κ3) is 4.27. The molecular formula is C24H27NO6. The van der Waals surface area contributed by atoms with Crippen LogP contribution in [-0.2, 0) is 20.7 Å². The summed E-state index contributed by atoms with van der Waals surface area (Å²) in [6.45, 7) is 2.49. The summed E-state index contributed by atoms with van der Waals surface area (Å²) in [5.41, 5.74) is 2.25. The van der Waals surface area contributed by atoms with Gasteiger partial charge in [0.05, 0.1) is 32.4 Å². The highest BCUT2D eigenvalue weighted by molar-refractivity contribution is 6.46. The molecule has 1 fully saturated rings. The Morgan fingerprint density at radius 1 is 1.00 bits per heavy atom. The number of nitrogens with zero attached hydrogens (tertiary/aromatic N) is 1. The molecule has 1 atom stereocenters. The molecule has 7 heteroatoms. The molecule has 1 saturated heterocycles. The van der Waals surface area contributed by atoms with E-state index in [4.69, 9.17) is 14.2 Å². The standard InChI is InChI=1S/C24H27NO6/c1-5-15-6-8-16(9-7-15)22(26)20-21(25(12-13-29-2)24(28)23(20)27)17-10-11-18(30-3)19(14-17)31-4/h6-11,14,21,26H,5,12-13H2,1-4H3/b22-20-. The number of likely N-dealkylation sites (tertiary alicyclic amines) is 1. The van der Waals surface area contributed by atoms with Crippen LogP contribution in [-0.4, -0.2) is 56.2 Å². The summed E-state index contributed by atoms with van der Waals surface area (Å²) in [7, 11) is 4.57. The second-order valence-electron chi connectivity index (χ2n) is 7.15. The van der Waals surface area contributed by atoms with Gasteiger partial charge >= 0.3 is 0 Å². The zero-order chi connectivity index (χ0) is 22.5. The highest BCUT2D eigenvalue weighted by atomic mass is 16.5. The van der Waals surface area contributed by atoms with Gasteiger partial charge in [-0.2, -0.15) is 0 Å². The predicted octanol–water partition coefficient (Wildman–Crippen LogP) is 3.33. The molecule has 0 radical (unpaired) electrons. The van der Waals surface area contributed by atoms with Crippen molar-refractivity contribution < 1.29 is 28.9 Å². The van der Waals surface area contributed by atoms with Gasteiger partial charge in [0, 0.05) is 19.2 Å². The summed E-state index contributed by atoms with van der Waals surface area (Å²) in [6, 6.07) is 11.7. The van der Waals surface area contributed by atoms with Gasteiger partial charge < -0.3 is 24.2 Å². The Hall–Kier alpha value is -3.32. The molecule has 31 heavy (non-hydrogen) atoms. The summed E-state index contributed by atoms with van der Waals surface area (Å²) in [5, 5.41) is 11.1. The van der Waals surface area contributed by atoms with Crippen molar-refractivity contribution in [3.05, 3.63) is 64.7 Å². The lowest BCUT2D eigenvalue weighted by atomic mass is 9.94. The molecule has 1 aliphatic heterocycles. The number of carbonyl (C=O) groups excluding carboxylic acids is 2. The second kappa shape index (κ2) is 9.66. The molecule has 1 unspecified atom stereocenters. The van der Waals surface area contributed by atoms with Crippen molar-refractivity contribution in [2.45, 2.75) is 19.4 Å². The van der Waals surface area contributed by atoms with E-state index in [1.807, 2.05) is 19.1 Å². The maximum Gasteiger partial charge on any atom is 0.295 e. The van der Waals surface area contributed by atoms with Gasteiger partial charge in [-0.1, -0.05) is 37.3 Å². The number of rotatable bonds is 8. The third-order valence-corrected chi connectivity index (χ3v) is 5.44. The molecule has 1 aliphatic rings. The average molecular weight is 425 g/mol. The number of aryl methyl sites for hydroxylation is 1. The maximum absolute atomic E-state index is 13.0. The van der Waals surface area contributed by atoms with Crippen LogP contribution in [0.25, 0.3) is 5.76 Å². The van der Waals surface area contributed by atoms with Gasteiger partial charge in [-0.25, -0.2) is 0 Å². The highest BCUT2D eigenvalue weighted by Crippen LogP contribution is 2.41. The van der Waals surface area contributed by atoms with E-state index in [2.05, 4.69) is 0 Å². The lowest BCUT2D eigenvalue weighted by Crippen LogP contribution is -2.32. The fourth-order valence-corrected chi connectivity index (χ4v) is 3.72. The number of hydrogen-bond donors (Lipinski definition) is 1. The monoisotopic (exact) mass is 425 g/mol. The first-order chi connectivity index (χ1) is 15.0. The molecule has 2 aromatic rings. The number of aliphatic hydroxyl groups is 1. The third-order valence-electron chi connectivity index (χ3n) is 5.44. The topological polar surface area (TPSA) is 85.3 Å². The van der Waals surface area contributed by atoms with E-state index in [-0.39, 0.29) is 24.5 Å². The van der Waals surface area contributed by atoms with Crippen molar-refractivity contribution in [1.82, 2.24) is 4.90 Å². The Bertz CT molecular complexity index is 996. The number of hydrogen-bond acceptors (Lipinski definition) is 6. The lowest BCUT2D eigenvalue weighted by molar-refractivity contribution is -0.140. The SMILES string of the molecule is CCc1ccc(/C(O)=C2/C(=O)C(=O)N(CCOC)C2c2ccc(OC)c(OC)c2)cc1. The first-order valence-electron chi connectivity index (χ1n) is 10.0. The fourth-order valence-electron chi connectivity index (χ4n) is 3.72. The Morgan fingerprint density at radius 3 is 2.26 bits per heavy atom. The Morgan fingerprint density at radius 2 is 1.68 bits per heavy atom. The van der Waals surface area contributed by atoms with Crippen LogP contribution in [0.5, 0.6) is 11.5 Å². The molecule has 3 rings (SSSR count). The predicted molar refractivity (Wildman–Crippen MR) is 116 cm³/mol. The average Bonchev–Trinajstić information content (AvgIpc) is 3.06. The van der Waals surface area contributed by atoms with Crippen LogP contribution in [0.15, 0.2) is 48.0 Å². The van der Waals surface area contributed by atoms with Crippen LogP contribution < -0.4 is 9.47 Å².